The highest BCUT2D eigenvalue weighted by molar-refractivity contribution is 6.32. The van der Waals surface area contributed by atoms with Crippen LogP contribution in [-0.4, -0.2) is 4.57 Å². The molecule has 0 aliphatic heterocycles. The van der Waals surface area contributed by atoms with Crippen molar-refractivity contribution in [3.05, 3.63) is 64.8 Å². The maximum absolute atomic E-state index is 9.29. The third-order valence-electron chi connectivity index (χ3n) is 3.27. The second-order valence-electron chi connectivity index (χ2n) is 4.45. The topological polar surface area (TPSA) is 28.7 Å². The van der Waals surface area contributed by atoms with Crippen molar-refractivity contribution in [1.82, 2.24) is 4.57 Å². The van der Waals surface area contributed by atoms with Crippen molar-refractivity contribution < 1.29 is 0 Å². The van der Waals surface area contributed by atoms with Crippen LogP contribution in [-0.2, 0) is 0 Å². The summed E-state index contributed by atoms with van der Waals surface area (Å²) in [6.45, 7) is 2.06. The zero-order valence-corrected chi connectivity index (χ0v) is 11.1. The Morgan fingerprint density at radius 2 is 1.89 bits per heavy atom. The van der Waals surface area contributed by atoms with Gasteiger partial charge in [0.15, 0.2) is 0 Å². The smallest absolute Gasteiger partial charge is 0.103 e. The standard InChI is InChI=1S/C16H11ClN2/c1-11-10-19(15-7-3-2-5-12(11)15)16-8-4-6-14(17)13(16)9-18/h2-8,10H,1H3. The molecule has 0 radical (unpaired) electrons. The molecule has 3 heteroatoms. The number of aromatic nitrogens is 1. The number of para-hydroxylation sites is 1. The molecule has 0 saturated carbocycles. The average molecular weight is 267 g/mol. The van der Waals surface area contributed by atoms with E-state index in [1.54, 1.807) is 6.07 Å². The van der Waals surface area contributed by atoms with Gasteiger partial charge >= 0.3 is 0 Å². The van der Waals surface area contributed by atoms with Crippen LogP contribution >= 0.6 is 11.6 Å². The minimum absolute atomic E-state index is 0.482. The molecule has 2 nitrogen and oxygen atoms in total. The Kier molecular flexibility index (Phi) is 2.77. The first-order valence-electron chi connectivity index (χ1n) is 5.98. The number of hydrogen-bond acceptors (Lipinski definition) is 1. The summed E-state index contributed by atoms with van der Waals surface area (Å²) >= 11 is 6.10. The third kappa shape index (κ3) is 1.80. The van der Waals surface area contributed by atoms with Gasteiger partial charge in [0.1, 0.15) is 6.07 Å². The van der Waals surface area contributed by atoms with Crippen LogP contribution in [0, 0.1) is 18.3 Å². The van der Waals surface area contributed by atoms with E-state index in [4.69, 9.17) is 11.6 Å². The first kappa shape index (κ1) is 11.8. The number of rotatable bonds is 1. The zero-order chi connectivity index (χ0) is 13.4. The van der Waals surface area contributed by atoms with Crippen molar-refractivity contribution in [2.24, 2.45) is 0 Å². The summed E-state index contributed by atoms with van der Waals surface area (Å²) in [7, 11) is 0. The molecule has 92 valence electrons. The zero-order valence-electron chi connectivity index (χ0n) is 10.4. The Labute approximate surface area is 116 Å². The monoisotopic (exact) mass is 266 g/mol. The summed E-state index contributed by atoms with van der Waals surface area (Å²) in [5.74, 6) is 0. The molecule has 0 atom stereocenters. The van der Waals surface area contributed by atoms with Crippen LogP contribution in [0.4, 0.5) is 0 Å². The Balaban J connectivity index is 2.38. The van der Waals surface area contributed by atoms with Crippen molar-refractivity contribution in [2.45, 2.75) is 6.92 Å². The van der Waals surface area contributed by atoms with Gasteiger partial charge in [-0.2, -0.15) is 5.26 Å². The van der Waals surface area contributed by atoms with Crippen molar-refractivity contribution in [3.63, 3.8) is 0 Å². The predicted octanol–water partition coefficient (Wildman–Crippen LogP) is 4.46. The summed E-state index contributed by atoms with van der Waals surface area (Å²) in [6.07, 6.45) is 2.04. The van der Waals surface area contributed by atoms with Crippen LogP contribution in [0.15, 0.2) is 48.7 Å². The van der Waals surface area contributed by atoms with E-state index in [1.165, 1.54) is 10.9 Å². The first-order chi connectivity index (χ1) is 9.22. The van der Waals surface area contributed by atoms with Crippen molar-refractivity contribution in [3.8, 4) is 11.8 Å². The van der Waals surface area contributed by atoms with Gasteiger partial charge in [-0.1, -0.05) is 35.9 Å². The molecule has 0 aliphatic carbocycles. The van der Waals surface area contributed by atoms with Crippen LogP contribution in [0.1, 0.15) is 11.1 Å². The summed E-state index contributed by atoms with van der Waals surface area (Å²) in [6, 6.07) is 15.8. The maximum Gasteiger partial charge on any atom is 0.103 e. The molecule has 1 aromatic heterocycles. The fraction of sp³-hybridized carbons (Fsp3) is 0.0625. The van der Waals surface area contributed by atoms with Gasteiger partial charge in [-0.05, 0) is 30.7 Å². The van der Waals surface area contributed by atoms with Crippen LogP contribution in [0.2, 0.25) is 5.02 Å². The largest absolute Gasteiger partial charge is 0.315 e. The highest BCUT2D eigenvalue weighted by Gasteiger charge is 2.11. The lowest BCUT2D eigenvalue weighted by Gasteiger charge is -2.08. The fourth-order valence-electron chi connectivity index (χ4n) is 2.37. The lowest BCUT2D eigenvalue weighted by molar-refractivity contribution is 1.11. The van der Waals surface area contributed by atoms with Crippen LogP contribution in [0.25, 0.3) is 16.6 Å². The highest BCUT2D eigenvalue weighted by Crippen LogP contribution is 2.28. The molecule has 2 aromatic carbocycles. The molecule has 0 saturated heterocycles. The van der Waals surface area contributed by atoms with Gasteiger partial charge in [-0.15, -0.1) is 0 Å². The Hall–Kier alpha value is -2.24. The molecule has 0 N–H and O–H groups in total. The molecule has 3 rings (SSSR count). The molecule has 0 fully saturated rings. The lowest BCUT2D eigenvalue weighted by atomic mass is 10.2. The van der Waals surface area contributed by atoms with E-state index in [9.17, 15) is 5.26 Å². The molecular formula is C16H11ClN2. The molecular weight excluding hydrogens is 256 g/mol. The molecule has 0 unspecified atom stereocenters. The SMILES string of the molecule is Cc1cn(-c2cccc(Cl)c2C#N)c2ccccc12. The van der Waals surface area contributed by atoms with Gasteiger partial charge in [0.05, 0.1) is 21.8 Å². The van der Waals surface area contributed by atoms with E-state index in [2.05, 4.69) is 19.1 Å². The van der Waals surface area contributed by atoms with Gasteiger partial charge in [-0.25, -0.2) is 0 Å². The average Bonchev–Trinajstić information content (AvgIpc) is 2.76. The summed E-state index contributed by atoms with van der Waals surface area (Å²) in [5, 5.41) is 11.0. The number of nitrogens with zero attached hydrogens (tertiary/aromatic N) is 2. The molecule has 3 aromatic rings. The Bertz CT molecular complexity index is 809. The Morgan fingerprint density at radius 1 is 1.11 bits per heavy atom. The number of aryl methyl sites for hydroxylation is 1. The normalized spacial score (nSPS) is 10.6. The van der Waals surface area contributed by atoms with Gasteiger partial charge in [-0.3, -0.25) is 0 Å². The molecule has 1 heterocycles. The minimum Gasteiger partial charge on any atom is -0.315 e. The molecule has 0 aliphatic rings. The number of benzene rings is 2. The lowest BCUT2D eigenvalue weighted by Crippen LogP contribution is -1.96. The number of fused-ring (bicyclic) bond motifs is 1. The summed E-state index contributed by atoms with van der Waals surface area (Å²) in [4.78, 5) is 0. The van der Waals surface area contributed by atoms with Gasteiger partial charge in [0.25, 0.3) is 0 Å². The third-order valence-corrected chi connectivity index (χ3v) is 3.59. The molecule has 0 amide bonds. The van der Waals surface area contributed by atoms with E-state index < -0.39 is 0 Å². The van der Waals surface area contributed by atoms with E-state index >= 15 is 0 Å². The number of halogens is 1. The quantitative estimate of drug-likeness (QED) is 0.639. The van der Waals surface area contributed by atoms with Crippen LogP contribution < -0.4 is 0 Å². The fourth-order valence-corrected chi connectivity index (χ4v) is 2.59. The molecule has 0 bridgehead atoms. The van der Waals surface area contributed by atoms with Gasteiger partial charge < -0.3 is 4.57 Å². The molecule has 19 heavy (non-hydrogen) atoms. The number of nitriles is 1. The van der Waals surface area contributed by atoms with Crippen molar-refractivity contribution >= 4 is 22.5 Å². The second-order valence-corrected chi connectivity index (χ2v) is 4.85. The minimum atomic E-state index is 0.482. The van der Waals surface area contributed by atoms with E-state index in [0.717, 1.165) is 11.2 Å². The highest BCUT2D eigenvalue weighted by atomic mass is 35.5. The Morgan fingerprint density at radius 3 is 2.68 bits per heavy atom. The van der Waals surface area contributed by atoms with Crippen LogP contribution in [0.5, 0.6) is 0 Å². The predicted molar refractivity (Wildman–Crippen MR) is 77.7 cm³/mol. The summed E-state index contributed by atoms with van der Waals surface area (Å²) < 4.78 is 2.02. The van der Waals surface area contributed by atoms with Gasteiger partial charge in [0.2, 0.25) is 0 Å². The summed E-state index contributed by atoms with van der Waals surface area (Å²) in [5.41, 5.74) is 3.59. The van der Waals surface area contributed by atoms with E-state index in [0.29, 0.717) is 10.6 Å². The van der Waals surface area contributed by atoms with E-state index in [1.807, 2.05) is 41.1 Å². The van der Waals surface area contributed by atoms with E-state index in [-0.39, 0.29) is 0 Å². The second kappa shape index (κ2) is 4.46. The molecule has 0 spiro atoms. The van der Waals surface area contributed by atoms with Crippen molar-refractivity contribution in [2.75, 3.05) is 0 Å². The first-order valence-corrected chi connectivity index (χ1v) is 6.36. The van der Waals surface area contributed by atoms with Crippen molar-refractivity contribution in [1.29, 1.82) is 5.26 Å². The maximum atomic E-state index is 9.29. The van der Waals surface area contributed by atoms with Gasteiger partial charge in [0, 0.05) is 11.6 Å². The number of hydrogen-bond donors (Lipinski definition) is 0. The van der Waals surface area contributed by atoms with Crippen LogP contribution in [0.3, 0.4) is 0 Å².